The lowest BCUT2D eigenvalue weighted by molar-refractivity contribution is -0.115. The SMILES string of the molecule is CC(C)(C)c1ccc2occ(CC(=O)Nc3cccnc3)c2c1. The Balaban J connectivity index is 1.84. The van der Waals surface area contributed by atoms with Gasteiger partial charge >= 0.3 is 0 Å². The minimum Gasteiger partial charge on any atom is -0.464 e. The van der Waals surface area contributed by atoms with Gasteiger partial charge in [-0.1, -0.05) is 26.8 Å². The maximum absolute atomic E-state index is 12.2. The fraction of sp³-hybridized carbons (Fsp3) is 0.263. The monoisotopic (exact) mass is 308 g/mol. The summed E-state index contributed by atoms with van der Waals surface area (Å²) in [5.41, 5.74) is 3.68. The first-order valence-corrected chi connectivity index (χ1v) is 7.64. The molecule has 2 aromatic heterocycles. The molecule has 1 N–H and O–H groups in total. The van der Waals surface area contributed by atoms with Gasteiger partial charge in [-0.05, 0) is 35.2 Å². The van der Waals surface area contributed by atoms with Crippen LogP contribution < -0.4 is 5.32 Å². The minimum absolute atomic E-state index is 0.0562. The highest BCUT2D eigenvalue weighted by molar-refractivity contribution is 5.95. The van der Waals surface area contributed by atoms with Crippen molar-refractivity contribution in [3.63, 3.8) is 0 Å². The van der Waals surface area contributed by atoms with Gasteiger partial charge in [0.2, 0.25) is 5.91 Å². The van der Waals surface area contributed by atoms with Crippen molar-refractivity contribution in [1.82, 2.24) is 4.98 Å². The van der Waals surface area contributed by atoms with Gasteiger partial charge in [-0.3, -0.25) is 9.78 Å². The van der Waals surface area contributed by atoms with Crippen LogP contribution in [-0.4, -0.2) is 10.9 Å². The molecule has 0 radical (unpaired) electrons. The Kier molecular flexibility index (Phi) is 3.90. The van der Waals surface area contributed by atoms with Gasteiger partial charge in [-0.25, -0.2) is 0 Å². The molecule has 0 aliphatic rings. The van der Waals surface area contributed by atoms with Crippen LogP contribution in [0, 0.1) is 0 Å². The highest BCUT2D eigenvalue weighted by Gasteiger charge is 2.17. The van der Waals surface area contributed by atoms with Gasteiger partial charge in [0.1, 0.15) is 5.58 Å². The van der Waals surface area contributed by atoms with E-state index in [-0.39, 0.29) is 17.7 Å². The number of amides is 1. The molecule has 0 aliphatic heterocycles. The number of anilines is 1. The highest BCUT2D eigenvalue weighted by Crippen LogP contribution is 2.29. The Hall–Kier alpha value is -2.62. The number of aromatic nitrogens is 1. The van der Waals surface area contributed by atoms with Gasteiger partial charge < -0.3 is 9.73 Å². The van der Waals surface area contributed by atoms with Crippen LogP contribution in [0.5, 0.6) is 0 Å². The quantitative estimate of drug-likeness (QED) is 0.784. The number of nitrogens with zero attached hydrogens (tertiary/aromatic N) is 1. The first-order chi connectivity index (χ1) is 10.9. The van der Waals surface area contributed by atoms with E-state index in [0.717, 1.165) is 16.5 Å². The van der Waals surface area contributed by atoms with E-state index in [9.17, 15) is 4.79 Å². The number of rotatable bonds is 3. The standard InChI is InChI=1S/C19H20N2O2/c1-19(2,3)14-6-7-17-16(10-14)13(12-23-17)9-18(22)21-15-5-4-8-20-11-15/h4-8,10-12H,9H2,1-3H3,(H,21,22). The predicted octanol–water partition coefficient (Wildman–Crippen LogP) is 4.31. The normalized spacial score (nSPS) is 11.6. The number of hydrogen-bond donors (Lipinski definition) is 1. The lowest BCUT2D eigenvalue weighted by Gasteiger charge is -2.18. The molecule has 4 heteroatoms. The number of carbonyl (C=O) groups excluding carboxylic acids is 1. The third-order valence-corrected chi connectivity index (χ3v) is 3.82. The molecule has 0 spiro atoms. The number of carbonyl (C=O) groups is 1. The van der Waals surface area contributed by atoms with Crippen molar-refractivity contribution in [3.05, 3.63) is 60.1 Å². The lowest BCUT2D eigenvalue weighted by Crippen LogP contribution is -2.14. The average molecular weight is 308 g/mol. The second-order valence-corrected chi connectivity index (χ2v) is 6.69. The van der Waals surface area contributed by atoms with Gasteiger partial charge in [0.15, 0.2) is 0 Å². The molecule has 0 saturated carbocycles. The van der Waals surface area contributed by atoms with E-state index in [1.165, 1.54) is 5.56 Å². The van der Waals surface area contributed by atoms with E-state index >= 15 is 0 Å². The van der Waals surface area contributed by atoms with Crippen LogP contribution in [0.4, 0.5) is 5.69 Å². The Labute approximate surface area is 135 Å². The van der Waals surface area contributed by atoms with E-state index in [1.54, 1.807) is 24.7 Å². The molecular formula is C19H20N2O2. The molecule has 1 amide bonds. The summed E-state index contributed by atoms with van der Waals surface area (Å²) in [5, 5.41) is 3.85. The number of pyridine rings is 1. The van der Waals surface area contributed by atoms with E-state index < -0.39 is 0 Å². The van der Waals surface area contributed by atoms with Crippen LogP contribution in [0.25, 0.3) is 11.0 Å². The summed E-state index contributed by atoms with van der Waals surface area (Å²) in [6.07, 6.45) is 5.24. The van der Waals surface area contributed by atoms with Crippen LogP contribution in [0.1, 0.15) is 31.9 Å². The highest BCUT2D eigenvalue weighted by atomic mass is 16.3. The van der Waals surface area contributed by atoms with Gasteiger partial charge in [-0.15, -0.1) is 0 Å². The Morgan fingerprint density at radius 3 is 2.78 bits per heavy atom. The molecule has 0 atom stereocenters. The number of fused-ring (bicyclic) bond motifs is 1. The minimum atomic E-state index is -0.0816. The lowest BCUT2D eigenvalue weighted by atomic mass is 9.86. The zero-order valence-electron chi connectivity index (χ0n) is 13.6. The maximum atomic E-state index is 12.2. The van der Waals surface area contributed by atoms with E-state index in [4.69, 9.17) is 4.42 Å². The largest absolute Gasteiger partial charge is 0.464 e. The van der Waals surface area contributed by atoms with Gasteiger partial charge in [0.25, 0.3) is 0 Å². The molecule has 2 heterocycles. The van der Waals surface area contributed by atoms with Crippen molar-refractivity contribution < 1.29 is 9.21 Å². The number of hydrogen-bond acceptors (Lipinski definition) is 3. The summed E-state index contributed by atoms with van der Waals surface area (Å²) in [6, 6.07) is 9.77. The van der Waals surface area contributed by atoms with Crippen LogP contribution in [0.15, 0.2) is 53.4 Å². The third kappa shape index (κ3) is 3.42. The van der Waals surface area contributed by atoms with Crippen molar-refractivity contribution in [2.75, 3.05) is 5.32 Å². The van der Waals surface area contributed by atoms with Gasteiger partial charge in [-0.2, -0.15) is 0 Å². The fourth-order valence-corrected chi connectivity index (χ4v) is 2.50. The molecule has 118 valence electrons. The number of furan rings is 1. The van der Waals surface area contributed by atoms with E-state index in [0.29, 0.717) is 5.69 Å². The molecule has 3 aromatic rings. The predicted molar refractivity (Wildman–Crippen MR) is 91.5 cm³/mol. The van der Waals surface area contributed by atoms with Crippen LogP contribution in [0.3, 0.4) is 0 Å². The zero-order valence-corrected chi connectivity index (χ0v) is 13.6. The second kappa shape index (κ2) is 5.88. The van der Waals surface area contributed by atoms with Gasteiger partial charge in [0.05, 0.1) is 24.6 Å². The molecule has 0 aliphatic carbocycles. The Morgan fingerprint density at radius 2 is 2.09 bits per heavy atom. The molecule has 1 aromatic carbocycles. The van der Waals surface area contributed by atoms with Crippen molar-refractivity contribution in [3.8, 4) is 0 Å². The summed E-state index contributed by atoms with van der Waals surface area (Å²) >= 11 is 0. The van der Waals surface area contributed by atoms with Crippen LogP contribution in [-0.2, 0) is 16.6 Å². The first kappa shape index (κ1) is 15.3. The van der Waals surface area contributed by atoms with Crippen molar-refractivity contribution >= 4 is 22.6 Å². The molecule has 0 fully saturated rings. The maximum Gasteiger partial charge on any atom is 0.228 e. The molecule has 4 nitrogen and oxygen atoms in total. The molecule has 23 heavy (non-hydrogen) atoms. The van der Waals surface area contributed by atoms with Crippen LogP contribution in [0.2, 0.25) is 0 Å². The summed E-state index contributed by atoms with van der Waals surface area (Å²) in [6.45, 7) is 6.51. The van der Waals surface area contributed by atoms with E-state index in [2.05, 4.69) is 43.2 Å². The third-order valence-electron chi connectivity index (χ3n) is 3.82. The van der Waals surface area contributed by atoms with E-state index in [1.807, 2.05) is 12.1 Å². The fourth-order valence-electron chi connectivity index (χ4n) is 2.50. The zero-order chi connectivity index (χ0) is 16.4. The summed E-state index contributed by atoms with van der Waals surface area (Å²) in [4.78, 5) is 16.2. The number of benzene rings is 1. The van der Waals surface area contributed by atoms with Crippen LogP contribution >= 0.6 is 0 Å². The molecule has 0 bridgehead atoms. The molecular weight excluding hydrogens is 288 g/mol. The molecule has 0 unspecified atom stereocenters. The van der Waals surface area contributed by atoms with Crippen molar-refractivity contribution in [2.24, 2.45) is 0 Å². The summed E-state index contributed by atoms with van der Waals surface area (Å²) in [5.74, 6) is -0.0816. The Morgan fingerprint density at radius 1 is 1.26 bits per heavy atom. The molecule has 3 rings (SSSR count). The second-order valence-electron chi connectivity index (χ2n) is 6.69. The van der Waals surface area contributed by atoms with Crippen molar-refractivity contribution in [1.29, 1.82) is 0 Å². The molecule has 0 saturated heterocycles. The van der Waals surface area contributed by atoms with Gasteiger partial charge in [0, 0.05) is 17.1 Å². The summed E-state index contributed by atoms with van der Waals surface area (Å²) in [7, 11) is 0. The Bertz CT molecular complexity index is 829. The topological polar surface area (TPSA) is 55.1 Å². The average Bonchev–Trinajstić information content (AvgIpc) is 2.89. The smallest absolute Gasteiger partial charge is 0.228 e. The first-order valence-electron chi connectivity index (χ1n) is 7.64. The van der Waals surface area contributed by atoms with Crippen molar-refractivity contribution in [2.45, 2.75) is 32.6 Å². The summed E-state index contributed by atoms with van der Waals surface area (Å²) < 4.78 is 5.58. The number of nitrogens with one attached hydrogen (secondary N) is 1.